The Kier molecular flexibility index (Phi) is 10.8. The van der Waals surface area contributed by atoms with Gasteiger partial charge in [-0.1, -0.05) is 25.3 Å². The number of carbonyl (C=O) groups is 1. The van der Waals surface area contributed by atoms with Crippen LogP contribution in [-0.4, -0.2) is 25.4 Å². The van der Waals surface area contributed by atoms with Crippen molar-refractivity contribution in [3.05, 3.63) is 11.8 Å². The third kappa shape index (κ3) is 8.29. The maximum atomic E-state index is 11.2. The maximum Gasteiger partial charge on any atom is 0.146 e. The maximum absolute atomic E-state index is 11.2. The van der Waals surface area contributed by atoms with Crippen molar-refractivity contribution in [3.8, 4) is 0 Å². The molecule has 0 rings (SSSR count). The average Bonchev–Trinajstić information content (AvgIpc) is 2.36. The van der Waals surface area contributed by atoms with Gasteiger partial charge in [0.15, 0.2) is 0 Å². The third-order valence-corrected chi connectivity index (χ3v) is 3.28. The smallest absolute Gasteiger partial charge is 0.146 e. The van der Waals surface area contributed by atoms with Gasteiger partial charge in [0.05, 0.1) is 6.04 Å². The summed E-state index contributed by atoms with van der Waals surface area (Å²) < 4.78 is 0. The highest BCUT2D eigenvalue weighted by molar-refractivity contribution is 5.81. The first-order chi connectivity index (χ1) is 8.65. The second-order valence-corrected chi connectivity index (χ2v) is 4.75. The molecule has 0 radical (unpaired) electrons. The molecule has 0 saturated heterocycles. The van der Waals surface area contributed by atoms with E-state index in [4.69, 9.17) is 0 Å². The van der Waals surface area contributed by atoms with Crippen molar-refractivity contribution in [2.45, 2.75) is 65.3 Å². The van der Waals surface area contributed by atoms with Crippen LogP contribution in [0.25, 0.3) is 0 Å². The molecule has 0 amide bonds. The first-order valence-electron chi connectivity index (χ1n) is 7.22. The zero-order valence-electron chi connectivity index (χ0n) is 12.5. The van der Waals surface area contributed by atoms with Crippen molar-refractivity contribution >= 4 is 5.78 Å². The van der Waals surface area contributed by atoms with E-state index in [2.05, 4.69) is 30.6 Å². The third-order valence-electron chi connectivity index (χ3n) is 3.28. The largest absolute Gasteiger partial charge is 0.389 e. The van der Waals surface area contributed by atoms with E-state index in [1.165, 1.54) is 25.0 Å². The lowest BCUT2D eigenvalue weighted by Gasteiger charge is -2.12. The van der Waals surface area contributed by atoms with Crippen LogP contribution in [0.5, 0.6) is 0 Å². The molecule has 0 aliphatic heterocycles. The van der Waals surface area contributed by atoms with Crippen LogP contribution in [0.4, 0.5) is 0 Å². The minimum Gasteiger partial charge on any atom is -0.389 e. The molecule has 0 aromatic carbocycles. The van der Waals surface area contributed by atoms with Gasteiger partial charge in [-0.2, -0.15) is 0 Å². The van der Waals surface area contributed by atoms with Gasteiger partial charge >= 0.3 is 0 Å². The van der Waals surface area contributed by atoms with Crippen molar-refractivity contribution in [2.24, 2.45) is 0 Å². The first kappa shape index (κ1) is 17.2. The van der Waals surface area contributed by atoms with Gasteiger partial charge in [-0.25, -0.2) is 0 Å². The fraction of sp³-hybridized carbons (Fsp3) is 0.800. The standard InChI is InChI=1S/C15H30N2O/c1-5-14(17-6-2)11-9-7-8-10-12-15(16-4)13(3)18/h5,15-17H,6-12H2,1-4H3/b14-5-. The number of unbranched alkanes of at least 4 members (excludes halogenated alkanes) is 3. The van der Waals surface area contributed by atoms with Crippen LogP contribution in [0.15, 0.2) is 11.8 Å². The van der Waals surface area contributed by atoms with Crippen LogP contribution >= 0.6 is 0 Å². The number of hydrogen-bond acceptors (Lipinski definition) is 3. The SMILES string of the molecule is C/C=C(/CCCCCCC(NC)C(C)=O)NCC. The molecule has 1 atom stereocenters. The fourth-order valence-corrected chi connectivity index (χ4v) is 2.13. The average molecular weight is 254 g/mol. The summed E-state index contributed by atoms with van der Waals surface area (Å²) in [5, 5.41) is 6.44. The fourth-order valence-electron chi connectivity index (χ4n) is 2.13. The van der Waals surface area contributed by atoms with E-state index in [1.807, 2.05) is 7.05 Å². The minimum atomic E-state index is 0.0536. The second-order valence-electron chi connectivity index (χ2n) is 4.75. The van der Waals surface area contributed by atoms with Crippen LogP contribution in [0, 0.1) is 0 Å². The molecular formula is C15H30N2O. The molecule has 0 spiro atoms. The zero-order valence-corrected chi connectivity index (χ0v) is 12.5. The number of allylic oxidation sites excluding steroid dienone is 2. The molecule has 0 bridgehead atoms. The van der Waals surface area contributed by atoms with Gasteiger partial charge in [0.25, 0.3) is 0 Å². The molecule has 0 aliphatic carbocycles. The van der Waals surface area contributed by atoms with E-state index in [9.17, 15) is 4.79 Å². The molecule has 0 aromatic rings. The lowest BCUT2D eigenvalue weighted by molar-refractivity contribution is -0.119. The molecule has 0 fully saturated rings. The monoisotopic (exact) mass is 254 g/mol. The summed E-state index contributed by atoms with van der Waals surface area (Å²) in [6.07, 6.45) is 9.11. The quantitative estimate of drug-likeness (QED) is 0.557. The van der Waals surface area contributed by atoms with E-state index in [0.29, 0.717) is 0 Å². The van der Waals surface area contributed by atoms with Gasteiger partial charge in [-0.05, 0) is 47.1 Å². The number of hydrogen-bond donors (Lipinski definition) is 2. The Bertz CT molecular complexity index is 249. The number of likely N-dealkylation sites (N-methyl/N-ethyl adjacent to an activating group) is 1. The predicted molar refractivity (Wildman–Crippen MR) is 78.7 cm³/mol. The van der Waals surface area contributed by atoms with Crippen molar-refractivity contribution in [2.75, 3.05) is 13.6 Å². The molecule has 0 saturated carbocycles. The lowest BCUT2D eigenvalue weighted by Crippen LogP contribution is -2.31. The van der Waals surface area contributed by atoms with Crippen LogP contribution in [0.3, 0.4) is 0 Å². The summed E-state index contributed by atoms with van der Waals surface area (Å²) in [5.74, 6) is 0.251. The van der Waals surface area contributed by atoms with Crippen LogP contribution in [-0.2, 0) is 4.79 Å². The van der Waals surface area contributed by atoms with Gasteiger partial charge < -0.3 is 10.6 Å². The number of rotatable bonds is 11. The van der Waals surface area contributed by atoms with Crippen LogP contribution < -0.4 is 10.6 Å². The highest BCUT2D eigenvalue weighted by Gasteiger charge is 2.09. The van der Waals surface area contributed by atoms with Crippen molar-refractivity contribution in [1.82, 2.24) is 10.6 Å². The van der Waals surface area contributed by atoms with Gasteiger partial charge in [0, 0.05) is 12.2 Å². The molecule has 3 nitrogen and oxygen atoms in total. The van der Waals surface area contributed by atoms with Crippen molar-refractivity contribution < 1.29 is 4.79 Å². The minimum absolute atomic E-state index is 0.0536. The summed E-state index contributed by atoms with van der Waals surface area (Å²) in [4.78, 5) is 11.2. The van der Waals surface area contributed by atoms with E-state index >= 15 is 0 Å². The molecule has 18 heavy (non-hydrogen) atoms. The number of nitrogens with one attached hydrogen (secondary N) is 2. The Morgan fingerprint density at radius 2 is 1.89 bits per heavy atom. The molecule has 0 aliphatic rings. The number of Topliss-reactive ketones (excluding diaryl/α,β-unsaturated/α-hetero) is 1. The molecule has 3 heteroatoms. The summed E-state index contributed by atoms with van der Waals surface area (Å²) in [6.45, 7) is 6.88. The van der Waals surface area contributed by atoms with Crippen LogP contribution in [0.1, 0.15) is 59.3 Å². The van der Waals surface area contributed by atoms with Gasteiger partial charge in [-0.15, -0.1) is 0 Å². The van der Waals surface area contributed by atoms with Gasteiger partial charge in [-0.3, -0.25) is 4.79 Å². The van der Waals surface area contributed by atoms with E-state index in [-0.39, 0.29) is 11.8 Å². The Morgan fingerprint density at radius 1 is 1.22 bits per heavy atom. The molecule has 106 valence electrons. The van der Waals surface area contributed by atoms with Gasteiger partial charge in [0.1, 0.15) is 5.78 Å². The predicted octanol–water partition coefficient (Wildman–Crippen LogP) is 3.02. The van der Waals surface area contributed by atoms with Crippen LogP contribution in [0.2, 0.25) is 0 Å². The normalized spacial score (nSPS) is 13.4. The first-order valence-corrected chi connectivity index (χ1v) is 7.22. The Labute approximate surface area is 112 Å². The Morgan fingerprint density at radius 3 is 2.39 bits per heavy atom. The Balaban J connectivity index is 3.53. The molecule has 0 aromatic heterocycles. The van der Waals surface area contributed by atoms with Gasteiger partial charge in [0.2, 0.25) is 0 Å². The van der Waals surface area contributed by atoms with E-state index in [0.717, 1.165) is 25.8 Å². The highest BCUT2D eigenvalue weighted by atomic mass is 16.1. The highest BCUT2D eigenvalue weighted by Crippen LogP contribution is 2.10. The van der Waals surface area contributed by atoms with Crippen molar-refractivity contribution in [3.63, 3.8) is 0 Å². The molecular weight excluding hydrogens is 224 g/mol. The summed E-state index contributed by atoms with van der Waals surface area (Å²) in [7, 11) is 1.86. The summed E-state index contributed by atoms with van der Waals surface area (Å²) >= 11 is 0. The Hall–Kier alpha value is -0.830. The topological polar surface area (TPSA) is 41.1 Å². The summed E-state index contributed by atoms with van der Waals surface area (Å²) in [6, 6.07) is 0.0536. The van der Waals surface area contributed by atoms with Crippen molar-refractivity contribution in [1.29, 1.82) is 0 Å². The molecule has 1 unspecified atom stereocenters. The zero-order chi connectivity index (χ0) is 13.8. The number of carbonyl (C=O) groups excluding carboxylic acids is 1. The molecule has 2 N–H and O–H groups in total. The second kappa shape index (κ2) is 11.3. The van der Waals surface area contributed by atoms with E-state index < -0.39 is 0 Å². The molecule has 0 heterocycles. The lowest BCUT2D eigenvalue weighted by atomic mass is 10.0. The summed E-state index contributed by atoms with van der Waals surface area (Å²) in [5.41, 5.74) is 1.36. The van der Waals surface area contributed by atoms with E-state index in [1.54, 1.807) is 6.92 Å². The number of ketones is 1.